The molecule has 7 nitrogen and oxygen atoms in total. The molecule has 0 bridgehead atoms. The third-order valence-electron chi connectivity index (χ3n) is 3.92. The van der Waals surface area contributed by atoms with Gasteiger partial charge in [-0.1, -0.05) is 0 Å². The summed E-state index contributed by atoms with van der Waals surface area (Å²) in [5, 5.41) is 13.6. The Morgan fingerprint density at radius 3 is 2.81 bits per heavy atom. The largest absolute Gasteiger partial charge is 0.491 e. The van der Waals surface area contributed by atoms with Gasteiger partial charge in [0.15, 0.2) is 6.61 Å². The lowest BCUT2D eigenvalue weighted by Crippen LogP contribution is -2.20. The molecule has 0 radical (unpaired) electrons. The second-order valence-corrected chi connectivity index (χ2v) is 6.79. The van der Waals surface area contributed by atoms with Gasteiger partial charge >= 0.3 is 5.97 Å². The Hall–Kier alpha value is -2.89. The summed E-state index contributed by atoms with van der Waals surface area (Å²) in [7, 11) is 0. The van der Waals surface area contributed by atoms with Gasteiger partial charge in [0.2, 0.25) is 0 Å². The number of rotatable bonds is 7. The first-order chi connectivity index (χ1) is 13.2. The van der Waals surface area contributed by atoms with Crippen molar-refractivity contribution in [3.8, 4) is 11.8 Å². The quantitative estimate of drug-likeness (QED) is 0.735. The van der Waals surface area contributed by atoms with Crippen molar-refractivity contribution in [1.29, 1.82) is 5.26 Å². The molecule has 0 saturated carbocycles. The molecule has 1 aromatic heterocycles. The van der Waals surface area contributed by atoms with Crippen LogP contribution in [0.4, 0.5) is 5.00 Å². The van der Waals surface area contributed by atoms with Crippen molar-refractivity contribution in [2.75, 3.05) is 25.1 Å². The number of anilines is 1. The number of ether oxygens (including phenoxy) is 3. The van der Waals surface area contributed by atoms with Crippen LogP contribution in [0, 0.1) is 11.3 Å². The highest BCUT2D eigenvalue weighted by atomic mass is 32.1. The minimum Gasteiger partial charge on any atom is -0.491 e. The normalized spacial score (nSPS) is 15.7. The number of benzene rings is 1. The van der Waals surface area contributed by atoms with E-state index in [1.807, 2.05) is 6.07 Å². The molecule has 1 fully saturated rings. The molecule has 1 N–H and O–H groups in total. The molecule has 8 heteroatoms. The average Bonchev–Trinajstić information content (AvgIpc) is 3.36. The van der Waals surface area contributed by atoms with E-state index in [1.165, 1.54) is 11.3 Å². The Bertz CT molecular complexity index is 835. The van der Waals surface area contributed by atoms with Crippen molar-refractivity contribution in [3.63, 3.8) is 0 Å². The third kappa shape index (κ3) is 5.29. The van der Waals surface area contributed by atoms with Gasteiger partial charge in [-0.2, -0.15) is 5.26 Å². The number of hydrogen-bond donors (Lipinski definition) is 1. The van der Waals surface area contributed by atoms with Gasteiger partial charge in [0.1, 0.15) is 23.4 Å². The minimum atomic E-state index is -0.609. The molecule has 0 aliphatic carbocycles. The highest BCUT2D eigenvalue weighted by Crippen LogP contribution is 2.22. The van der Waals surface area contributed by atoms with Crippen LogP contribution in [0.5, 0.6) is 5.75 Å². The van der Waals surface area contributed by atoms with E-state index in [0.29, 0.717) is 28.5 Å². The molecule has 1 atom stereocenters. The fourth-order valence-electron chi connectivity index (χ4n) is 2.52. The van der Waals surface area contributed by atoms with Crippen LogP contribution in [0.3, 0.4) is 0 Å². The number of carbonyl (C=O) groups is 2. The van der Waals surface area contributed by atoms with Gasteiger partial charge < -0.3 is 19.5 Å². The number of nitrogens with zero attached hydrogens (tertiary/aromatic N) is 1. The van der Waals surface area contributed by atoms with Crippen molar-refractivity contribution in [1.82, 2.24) is 0 Å². The predicted octanol–water partition coefficient (Wildman–Crippen LogP) is 2.97. The molecule has 1 aliphatic heterocycles. The van der Waals surface area contributed by atoms with Crippen molar-refractivity contribution in [2.45, 2.75) is 18.9 Å². The summed E-state index contributed by atoms with van der Waals surface area (Å²) in [5.74, 6) is -0.470. The second kappa shape index (κ2) is 9.16. The van der Waals surface area contributed by atoms with Crippen LogP contribution in [0.25, 0.3) is 0 Å². The summed E-state index contributed by atoms with van der Waals surface area (Å²) >= 11 is 1.23. The van der Waals surface area contributed by atoms with Crippen LogP contribution in [0.1, 0.15) is 28.8 Å². The van der Waals surface area contributed by atoms with E-state index in [-0.39, 0.29) is 6.10 Å². The lowest BCUT2D eigenvalue weighted by molar-refractivity contribution is -0.119. The fourth-order valence-corrected chi connectivity index (χ4v) is 3.28. The summed E-state index contributed by atoms with van der Waals surface area (Å²) in [4.78, 5) is 23.9. The Morgan fingerprint density at radius 2 is 2.11 bits per heavy atom. The van der Waals surface area contributed by atoms with Crippen LogP contribution < -0.4 is 10.1 Å². The number of hydrogen-bond acceptors (Lipinski definition) is 7. The average molecular weight is 386 g/mol. The molecule has 1 amide bonds. The molecule has 2 heterocycles. The maximum absolute atomic E-state index is 12.0. The van der Waals surface area contributed by atoms with E-state index in [1.54, 1.807) is 35.7 Å². The number of amides is 1. The summed E-state index contributed by atoms with van der Waals surface area (Å²) in [5.41, 5.74) is 0.694. The number of nitrogens with one attached hydrogen (secondary N) is 1. The molecule has 27 heavy (non-hydrogen) atoms. The smallest absolute Gasteiger partial charge is 0.338 e. The first-order valence-corrected chi connectivity index (χ1v) is 9.32. The van der Waals surface area contributed by atoms with E-state index in [2.05, 4.69) is 5.32 Å². The van der Waals surface area contributed by atoms with Crippen LogP contribution in [0.2, 0.25) is 0 Å². The molecular weight excluding hydrogens is 368 g/mol. The van der Waals surface area contributed by atoms with Gasteiger partial charge in [0, 0.05) is 6.61 Å². The molecular formula is C19H18N2O5S. The van der Waals surface area contributed by atoms with Crippen LogP contribution in [-0.4, -0.2) is 37.8 Å². The lowest BCUT2D eigenvalue weighted by Gasteiger charge is -2.11. The number of esters is 1. The summed E-state index contributed by atoms with van der Waals surface area (Å²) in [6, 6.07) is 10.1. The van der Waals surface area contributed by atoms with Gasteiger partial charge in [-0.25, -0.2) is 4.79 Å². The molecule has 2 aromatic rings. The van der Waals surface area contributed by atoms with Crippen LogP contribution >= 0.6 is 11.3 Å². The maximum atomic E-state index is 12.0. The van der Waals surface area contributed by atoms with Gasteiger partial charge in [0.25, 0.3) is 5.91 Å². The van der Waals surface area contributed by atoms with Crippen LogP contribution in [0.15, 0.2) is 35.7 Å². The van der Waals surface area contributed by atoms with Crippen LogP contribution in [-0.2, 0) is 14.3 Å². The Morgan fingerprint density at radius 1 is 1.30 bits per heavy atom. The molecule has 1 aromatic carbocycles. The van der Waals surface area contributed by atoms with Gasteiger partial charge in [0.05, 0.1) is 17.2 Å². The van der Waals surface area contributed by atoms with Gasteiger partial charge in [-0.05, 0) is 48.6 Å². The number of nitriles is 1. The number of carbonyl (C=O) groups excluding carboxylic acids is 2. The summed E-state index contributed by atoms with van der Waals surface area (Å²) in [6.45, 7) is 0.826. The van der Waals surface area contributed by atoms with E-state index in [9.17, 15) is 9.59 Å². The fraction of sp³-hybridized carbons (Fsp3) is 0.316. The number of thiophene rings is 1. The zero-order valence-electron chi connectivity index (χ0n) is 14.5. The Kier molecular flexibility index (Phi) is 6.41. The van der Waals surface area contributed by atoms with Gasteiger partial charge in [-0.3, -0.25) is 4.79 Å². The van der Waals surface area contributed by atoms with Crippen molar-refractivity contribution >= 4 is 28.2 Å². The molecule has 0 spiro atoms. The standard InChI is InChI=1S/C19H18N2O5S/c20-10-14-7-9-27-18(14)21-17(22)12-26-19(23)13-3-5-15(6-4-13)25-11-16-2-1-8-24-16/h3-7,9,16H,1-2,8,11-12H2,(H,21,22). The van der Waals surface area contributed by atoms with E-state index < -0.39 is 18.5 Å². The topological polar surface area (TPSA) is 97.7 Å². The van der Waals surface area contributed by atoms with Crippen molar-refractivity contribution in [3.05, 3.63) is 46.8 Å². The molecule has 3 rings (SSSR count). The molecule has 1 saturated heterocycles. The Labute approximate surface area is 160 Å². The van der Waals surface area contributed by atoms with E-state index in [4.69, 9.17) is 19.5 Å². The maximum Gasteiger partial charge on any atom is 0.338 e. The van der Waals surface area contributed by atoms with Crippen molar-refractivity contribution < 1.29 is 23.8 Å². The third-order valence-corrected chi connectivity index (χ3v) is 4.75. The minimum absolute atomic E-state index is 0.123. The summed E-state index contributed by atoms with van der Waals surface area (Å²) in [6.07, 6.45) is 2.17. The highest BCUT2D eigenvalue weighted by molar-refractivity contribution is 7.14. The zero-order chi connectivity index (χ0) is 19.1. The Balaban J connectivity index is 1.44. The van der Waals surface area contributed by atoms with Crippen molar-refractivity contribution in [2.24, 2.45) is 0 Å². The lowest BCUT2D eigenvalue weighted by atomic mass is 10.2. The highest BCUT2D eigenvalue weighted by Gasteiger charge is 2.16. The molecule has 1 aliphatic rings. The second-order valence-electron chi connectivity index (χ2n) is 5.87. The molecule has 140 valence electrons. The zero-order valence-corrected chi connectivity index (χ0v) is 15.3. The first kappa shape index (κ1) is 18.9. The van der Waals surface area contributed by atoms with E-state index in [0.717, 1.165) is 19.4 Å². The van der Waals surface area contributed by atoms with Gasteiger partial charge in [-0.15, -0.1) is 11.3 Å². The monoisotopic (exact) mass is 386 g/mol. The first-order valence-electron chi connectivity index (χ1n) is 8.45. The SMILES string of the molecule is N#Cc1ccsc1NC(=O)COC(=O)c1ccc(OCC2CCCO2)cc1. The predicted molar refractivity (Wildman–Crippen MR) is 98.9 cm³/mol. The van der Waals surface area contributed by atoms with E-state index >= 15 is 0 Å². The summed E-state index contributed by atoms with van der Waals surface area (Å²) < 4.78 is 16.1. The molecule has 1 unspecified atom stereocenters.